The molecule has 0 radical (unpaired) electrons. The van der Waals surface area contributed by atoms with Gasteiger partial charge in [0.15, 0.2) is 0 Å². The van der Waals surface area contributed by atoms with Gasteiger partial charge in [-0.3, -0.25) is 14.9 Å². The molecule has 1 saturated heterocycles. The fraction of sp³-hybridized carbons (Fsp3) is 0.409. The van der Waals surface area contributed by atoms with Crippen LogP contribution in [0.4, 0.5) is 5.69 Å². The molecule has 1 atom stereocenters. The first-order chi connectivity index (χ1) is 14.1. The molecule has 3 aromatic rings. The predicted octanol–water partition coefficient (Wildman–Crippen LogP) is 3.17. The average molecular weight is 393 g/mol. The molecule has 1 aromatic carbocycles. The van der Waals surface area contributed by atoms with E-state index in [9.17, 15) is 4.79 Å². The van der Waals surface area contributed by atoms with Crippen LogP contribution in [0.2, 0.25) is 0 Å². The number of carbonyl (C=O) groups excluding carboxylic acids is 1. The van der Waals surface area contributed by atoms with E-state index in [1.54, 1.807) is 12.4 Å². The van der Waals surface area contributed by atoms with Gasteiger partial charge in [0.1, 0.15) is 0 Å². The van der Waals surface area contributed by atoms with Gasteiger partial charge >= 0.3 is 0 Å². The first-order valence-corrected chi connectivity index (χ1v) is 10.3. The van der Waals surface area contributed by atoms with Crippen molar-refractivity contribution in [2.24, 2.45) is 5.92 Å². The Labute approximate surface area is 170 Å². The maximum absolute atomic E-state index is 13.0. The number of H-pyrrole nitrogens is 1. The summed E-state index contributed by atoms with van der Waals surface area (Å²) in [7, 11) is 0. The van der Waals surface area contributed by atoms with E-state index in [1.807, 2.05) is 18.3 Å². The fourth-order valence-corrected chi connectivity index (χ4v) is 3.84. The number of hydrogen-bond acceptors (Lipinski definition) is 5. The van der Waals surface area contributed by atoms with Crippen molar-refractivity contribution in [1.29, 1.82) is 0 Å². The molecule has 4 rings (SSSR count). The van der Waals surface area contributed by atoms with Gasteiger partial charge in [0, 0.05) is 35.9 Å². The smallest absolute Gasteiger partial charge is 0.254 e. The molecule has 1 amide bonds. The van der Waals surface area contributed by atoms with Crippen LogP contribution in [0.25, 0.3) is 22.0 Å². The second-order valence-electron chi connectivity index (χ2n) is 7.97. The average Bonchev–Trinajstić information content (AvgIpc) is 3.41. The zero-order chi connectivity index (χ0) is 20.2. The lowest BCUT2D eigenvalue weighted by atomic mass is 10.0. The summed E-state index contributed by atoms with van der Waals surface area (Å²) >= 11 is 0. The number of nitrogens with zero attached hydrogens (tertiary/aromatic N) is 2. The minimum atomic E-state index is -0.0813. The first kappa shape index (κ1) is 19.4. The van der Waals surface area contributed by atoms with Crippen molar-refractivity contribution < 1.29 is 4.79 Å². The quantitative estimate of drug-likeness (QED) is 0.495. The third-order valence-electron chi connectivity index (χ3n) is 5.38. The molecular formula is C22H28N6O. The Kier molecular flexibility index (Phi) is 5.76. The number of anilines is 1. The Morgan fingerprint density at radius 2 is 2.17 bits per heavy atom. The first-order valence-electron chi connectivity index (χ1n) is 10.3. The van der Waals surface area contributed by atoms with Gasteiger partial charge in [-0.25, -0.2) is 0 Å². The lowest BCUT2D eigenvalue weighted by Gasteiger charge is -2.18. The lowest BCUT2D eigenvalue weighted by molar-refractivity contribution is 0.0952. The van der Waals surface area contributed by atoms with Crippen molar-refractivity contribution in [3.05, 3.63) is 42.4 Å². The topological polar surface area (TPSA) is 94.7 Å². The minimum Gasteiger partial charge on any atom is -0.382 e. The second kappa shape index (κ2) is 8.61. The van der Waals surface area contributed by atoms with Crippen LogP contribution in [0, 0.1) is 5.92 Å². The summed E-state index contributed by atoms with van der Waals surface area (Å²) in [4.78, 5) is 17.5. The number of fused-ring (bicyclic) bond motifs is 1. The van der Waals surface area contributed by atoms with Gasteiger partial charge in [-0.1, -0.05) is 6.07 Å². The summed E-state index contributed by atoms with van der Waals surface area (Å²) in [5, 5.41) is 17.7. The van der Waals surface area contributed by atoms with Crippen molar-refractivity contribution in [3.63, 3.8) is 0 Å². The van der Waals surface area contributed by atoms with Crippen molar-refractivity contribution in [3.8, 4) is 11.1 Å². The molecular weight excluding hydrogens is 364 g/mol. The number of nitrogens with one attached hydrogen (secondary N) is 4. The molecule has 7 nitrogen and oxygen atoms in total. The summed E-state index contributed by atoms with van der Waals surface area (Å²) < 4.78 is 0. The van der Waals surface area contributed by atoms with E-state index in [1.165, 1.54) is 6.42 Å². The monoisotopic (exact) mass is 392 g/mol. The number of rotatable bonds is 7. The lowest BCUT2D eigenvalue weighted by Crippen LogP contribution is -2.28. The molecule has 2 aromatic heterocycles. The van der Waals surface area contributed by atoms with Gasteiger partial charge in [-0.05, 0) is 63.4 Å². The van der Waals surface area contributed by atoms with Gasteiger partial charge in [0.2, 0.25) is 0 Å². The Morgan fingerprint density at radius 3 is 2.90 bits per heavy atom. The van der Waals surface area contributed by atoms with Crippen LogP contribution in [0.15, 0.2) is 36.8 Å². The molecule has 152 valence electrons. The summed E-state index contributed by atoms with van der Waals surface area (Å²) in [6.07, 6.45) is 7.51. The minimum absolute atomic E-state index is 0.0813. The predicted molar refractivity (Wildman–Crippen MR) is 116 cm³/mol. The van der Waals surface area contributed by atoms with Crippen LogP contribution in [0.3, 0.4) is 0 Å². The van der Waals surface area contributed by atoms with Crippen LogP contribution < -0.4 is 16.0 Å². The molecule has 0 spiro atoms. The highest BCUT2D eigenvalue weighted by Gasteiger charge is 2.18. The molecule has 1 unspecified atom stereocenters. The Hall–Kier alpha value is -2.93. The molecule has 0 bridgehead atoms. The Morgan fingerprint density at radius 1 is 1.28 bits per heavy atom. The van der Waals surface area contributed by atoms with Crippen molar-refractivity contribution in [2.45, 2.75) is 32.7 Å². The summed E-state index contributed by atoms with van der Waals surface area (Å²) in [6, 6.07) is 6.26. The van der Waals surface area contributed by atoms with E-state index in [-0.39, 0.29) is 11.9 Å². The number of carbonyl (C=O) groups is 1. The molecule has 0 aliphatic carbocycles. The van der Waals surface area contributed by atoms with E-state index in [0.717, 1.165) is 47.2 Å². The molecule has 1 aliphatic rings. The Bertz CT molecular complexity index is 976. The summed E-state index contributed by atoms with van der Waals surface area (Å²) in [6.45, 7) is 6.94. The van der Waals surface area contributed by atoms with Crippen LogP contribution >= 0.6 is 0 Å². The number of aromatic amines is 1. The highest BCUT2D eigenvalue weighted by Crippen LogP contribution is 2.31. The van der Waals surface area contributed by atoms with Gasteiger partial charge < -0.3 is 16.0 Å². The van der Waals surface area contributed by atoms with Gasteiger partial charge in [0.05, 0.1) is 23.0 Å². The van der Waals surface area contributed by atoms with Crippen LogP contribution in [-0.4, -0.2) is 46.8 Å². The summed E-state index contributed by atoms with van der Waals surface area (Å²) in [5.41, 5.74) is 4.30. The molecule has 4 N–H and O–H groups in total. The van der Waals surface area contributed by atoms with Gasteiger partial charge in [-0.2, -0.15) is 5.10 Å². The maximum Gasteiger partial charge on any atom is 0.254 e. The highest BCUT2D eigenvalue weighted by molar-refractivity contribution is 6.07. The fourth-order valence-electron chi connectivity index (χ4n) is 3.84. The third kappa shape index (κ3) is 4.40. The summed E-state index contributed by atoms with van der Waals surface area (Å²) in [5.74, 6) is 0.568. The van der Waals surface area contributed by atoms with Crippen molar-refractivity contribution >= 4 is 22.5 Å². The van der Waals surface area contributed by atoms with Crippen molar-refractivity contribution in [2.75, 3.05) is 25.0 Å². The van der Waals surface area contributed by atoms with Crippen molar-refractivity contribution in [1.82, 2.24) is 25.8 Å². The number of aromatic nitrogens is 3. The number of amides is 1. The zero-order valence-electron chi connectivity index (χ0n) is 17.0. The van der Waals surface area contributed by atoms with E-state index in [0.29, 0.717) is 18.0 Å². The molecule has 3 heterocycles. The Balaban J connectivity index is 1.63. The van der Waals surface area contributed by atoms with Crippen LogP contribution in [0.5, 0.6) is 0 Å². The van der Waals surface area contributed by atoms with E-state index >= 15 is 0 Å². The van der Waals surface area contributed by atoms with E-state index < -0.39 is 0 Å². The van der Waals surface area contributed by atoms with Crippen LogP contribution in [0.1, 0.15) is 37.0 Å². The molecule has 29 heavy (non-hydrogen) atoms. The molecule has 7 heteroatoms. The molecule has 1 fully saturated rings. The highest BCUT2D eigenvalue weighted by atomic mass is 16.1. The van der Waals surface area contributed by atoms with Crippen LogP contribution in [-0.2, 0) is 0 Å². The largest absolute Gasteiger partial charge is 0.382 e. The zero-order valence-corrected chi connectivity index (χ0v) is 17.0. The number of hydrogen-bond donors (Lipinski definition) is 4. The SMILES string of the molecule is CC(C)Nc1c(C(=O)NCCC2CCNC2)cnc2ccc(-c3cn[nH]c3)cc12. The molecule has 0 saturated carbocycles. The standard InChI is InChI=1S/C22H28N6O/c1-14(2)28-21-18-9-16(17-11-26-27-12-17)3-4-20(18)25-13-19(21)22(29)24-8-6-15-5-7-23-10-15/h3-4,9,11-15,23H,5-8,10H2,1-2H3,(H,24,29)(H,25,28)(H,26,27). The normalized spacial score (nSPS) is 16.4. The number of benzene rings is 1. The van der Waals surface area contributed by atoms with E-state index in [2.05, 4.69) is 51.0 Å². The second-order valence-corrected chi connectivity index (χ2v) is 7.97. The third-order valence-corrected chi connectivity index (χ3v) is 5.38. The van der Waals surface area contributed by atoms with Gasteiger partial charge in [0.25, 0.3) is 5.91 Å². The van der Waals surface area contributed by atoms with Gasteiger partial charge in [-0.15, -0.1) is 0 Å². The van der Waals surface area contributed by atoms with E-state index in [4.69, 9.17) is 0 Å². The maximum atomic E-state index is 13.0. The number of pyridine rings is 1. The molecule has 1 aliphatic heterocycles.